The first-order chi connectivity index (χ1) is 8.24. The van der Waals surface area contributed by atoms with Gasteiger partial charge in [0.2, 0.25) is 0 Å². The molecule has 0 spiro atoms. The van der Waals surface area contributed by atoms with Crippen LogP contribution in [0, 0.1) is 5.41 Å². The summed E-state index contributed by atoms with van der Waals surface area (Å²) in [4.78, 5) is 12.9. The molecule has 1 aromatic rings. The molecule has 1 heterocycles. The molecule has 0 aromatic carbocycles. The van der Waals surface area contributed by atoms with E-state index in [4.69, 9.17) is 10.5 Å². The lowest BCUT2D eigenvalue weighted by Gasteiger charge is -2.40. The van der Waals surface area contributed by atoms with Crippen molar-refractivity contribution in [2.24, 2.45) is 11.1 Å². The molecule has 4 heteroatoms. The number of carbonyl (C=O) groups is 1. The molecule has 0 radical (unpaired) electrons. The first-order valence-corrected chi connectivity index (χ1v) is 7.00. The molecule has 1 aliphatic rings. The Kier molecular flexibility index (Phi) is 4.18. The summed E-state index contributed by atoms with van der Waals surface area (Å²) >= 11 is 1.70. The average molecular weight is 253 g/mol. The van der Waals surface area contributed by atoms with Crippen LogP contribution < -0.4 is 5.73 Å². The molecule has 94 valence electrons. The van der Waals surface area contributed by atoms with Gasteiger partial charge >= 0.3 is 5.97 Å². The maximum Gasteiger partial charge on any atom is 0.306 e. The van der Waals surface area contributed by atoms with Gasteiger partial charge in [0, 0.05) is 11.3 Å². The Morgan fingerprint density at radius 3 is 2.88 bits per heavy atom. The number of thiophene rings is 1. The second-order valence-electron chi connectivity index (χ2n) is 4.78. The summed E-state index contributed by atoms with van der Waals surface area (Å²) < 4.78 is 5.26. The van der Waals surface area contributed by atoms with Crippen molar-refractivity contribution < 1.29 is 9.53 Å². The minimum absolute atomic E-state index is 0.0556. The lowest BCUT2D eigenvalue weighted by molar-refractivity contribution is -0.147. The maximum absolute atomic E-state index is 11.7. The fraction of sp³-hybridized carbons (Fsp3) is 0.615. The summed E-state index contributed by atoms with van der Waals surface area (Å²) in [6.07, 6.45) is 4.65. The van der Waals surface area contributed by atoms with Crippen LogP contribution in [0.15, 0.2) is 17.5 Å². The van der Waals surface area contributed by atoms with Crippen LogP contribution in [0.3, 0.4) is 0 Å². The van der Waals surface area contributed by atoms with Crippen LogP contribution in [-0.2, 0) is 16.0 Å². The summed E-state index contributed by atoms with van der Waals surface area (Å²) in [5, 5.41) is 2.04. The van der Waals surface area contributed by atoms with Crippen molar-refractivity contribution >= 4 is 17.3 Å². The number of nitrogens with two attached hydrogens (primary N) is 1. The van der Waals surface area contributed by atoms with Crippen molar-refractivity contribution in [3.63, 3.8) is 0 Å². The van der Waals surface area contributed by atoms with Crippen LogP contribution >= 0.6 is 11.3 Å². The molecular weight excluding hydrogens is 234 g/mol. The Morgan fingerprint density at radius 2 is 2.35 bits per heavy atom. The zero-order valence-electron chi connectivity index (χ0n) is 9.98. The Hall–Kier alpha value is -0.870. The molecule has 0 atom stereocenters. The van der Waals surface area contributed by atoms with Gasteiger partial charge in [-0.1, -0.05) is 12.5 Å². The fourth-order valence-electron chi connectivity index (χ4n) is 2.21. The fourth-order valence-corrected chi connectivity index (χ4v) is 2.90. The largest absolute Gasteiger partial charge is 0.465 e. The van der Waals surface area contributed by atoms with E-state index >= 15 is 0 Å². The highest BCUT2D eigenvalue weighted by molar-refractivity contribution is 7.09. The third-order valence-electron chi connectivity index (χ3n) is 3.56. The van der Waals surface area contributed by atoms with E-state index in [0.29, 0.717) is 19.6 Å². The first kappa shape index (κ1) is 12.6. The van der Waals surface area contributed by atoms with Gasteiger partial charge in [0.1, 0.15) is 0 Å². The first-order valence-electron chi connectivity index (χ1n) is 6.12. The van der Waals surface area contributed by atoms with Gasteiger partial charge < -0.3 is 10.5 Å². The molecule has 17 heavy (non-hydrogen) atoms. The van der Waals surface area contributed by atoms with Crippen molar-refractivity contribution in [3.05, 3.63) is 22.4 Å². The topological polar surface area (TPSA) is 52.3 Å². The van der Waals surface area contributed by atoms with Crippen molar-refractivity contribution in [2.45, 2.75) is 32.1 Å². The predicted octanol–water partition coefficient (Wildman–Crippen LogP) is 2.35. The van der Waals surface area contributed by atoms with Crippen LogP contribution in [0.1, 0.15) is 30.6 Å². The van der Waals surface area contributed by atoms with E-state index in [-0.39, 0.29) is 11.4 Å². The van der Waals surface area contributed by atoms with Crippen LogP contribution in [0.4, 0.5) is 0 Å². The number of hydrogen-bond donors (Lipinski definition) is 1. The van der Waals surface area contributed by atoms with Gasteiger partial charge in [0.15, 0.2) is 0 Å². The third-order valence-corrected chi connectivity index (χ3v) is 4.49. The van der Waals surface area contributed by atoms with Crippen molar-refractivity contribution in [1.82, 2.24) is 0 Å². The van der Waals surface area contributed by atoms with Gasteiger partial charge in [-0.15, -0.1) is 11.3 Å². The molecule has 1 saturated carbocycles. The number of esters is 1. The lowest BCUT2D eigenvalue weighted by atomic mass is 9.67. The minimum Gasteiger partial charge on any atom is -0.465 e. The normalized spacial score (nSPS) is 17.5. The second-order valence-corrected chi connectivity index (χ2v) is 5.82. The second kappa shape index (κ2) is 5.65. The standard InChI is InChI=1S/C13H19NO2S/c14-10-13(5-2-6-13)9-12(15)16-7-4-11-3-1-8-17-11/h1,3,8H,2,4-7,9-10,14H2. The summed E-state index contributed by atoms with van der Waals surface area (Å²) in [5.41, 5.74) is 5.77. The maximum atomic E-state index is 11.7. The zero-order chi connectivity index (χ0) is 12.1. The van der Waals surface area contributed by atoms with E-state index in [1.807, 2.05) is 11.4 Å². The summed E-state index contributed by atoms with van der Waals surface area (Å²) in [5.74, 6) is -0.0910. The van der Waals surface area contributed by atoms with Crippen molar-refractivity contribution in [3.8, 4) is 0 Å². The Morgan fingerprint density at radius 1 is 1.53 bits per heavy atom. The third kappa shape index (κ3) is 3.30. The summed E-state index contributed by atoms with van der Waals surface area (Å²) in [6, 6.07) is 4.07. The van der Waals surface area contributed by atoms with E-state index in [9.17, 15) is 4.79 Å². The summed E-state index contributed by atoms with van der Waals surface area (Å²) in [6.45, 7) is 1.09. The molecule has 2 N–H and O–H groups in total. The van der Waals surface area contributed by atoms with Crippen LogP contribution in [-0.4, -0.2) is 19.1 Å². The highest BCUT2D eigenvalue weighted by Crippen LogP contribution is 2.43. The minimum atomic E-state index is -0.0910. The number of hydrogen-bond acceptors (Lipinski definition) is 4. The highest BCUT2D eigenvalue weighted by atomic mass is 32.1. The van der Waals surface area contributed by atoms with Gasteiger partial charge in [-0.05, 0) is 36.2 Å². The monoisotopic (exact) mass is 253 g/mol. The molecule has 0 aliphatic heterocycles. The van der Waals surface area contributed by atoms with Gasteiger partial charge in [-0.3, -0.25) is 4.79 Å². The Labute approximate surface area is 106 Å². The smallest absolute Gasteiger partial charge is 0.306 e. The van der Waals surface area contributed by atoms with Crippen molar-refractivity contribution in [1.29, 1.82) is 0 Å². The van der Waals surface area contributed by atoms with E-state index < -0.39 is 0 Å². The van der Waals surface area contributed by atoms with Gasteiger partial charge in [-0.2, -0.15) is 0 Å². The van der Waals surface area contributed by atoms with E-state index in [1.165, 1.54) is 11.3 Å². The molecule has 0 amide bonds. The molecule has 2 rings (SSSR count). The lowest BCUT2D eigenvalue weighted by Crippen LogP contribution is -2.39. The molecule has 0 unspecified atom stereocenters. The molecule has 0 saturated heterocycles. The molecule has 1 aromatic heterocycles. The number of rotatable bonds is 6. The summed E-state index contributed by atoms with van der Waals surface area (Å²) in [7, 11) is 0. The van der Waals surface area contributed by atoms with Crippen LogP contribution in [0.2, 0.25) is 0 Å². The quantitative estimate of drug-likeness (QED) is 0.792. The molecule has 0 bridgehead atoms. The molecule has 1 fully saturated rings. The van der Waals surface area contributed by atoms with E-state index in [1.54, 1.807) is 11.3 Å². The van der Waals surface area contributed by atoms with Crippen LogP contribution in [0.5, 0.6) is 0 Å². The SMILES string of the molecule is NCC1(CC(=O)OCCc2cccs2)CCC1. The average Bonchev–Trinajstić information content (AvgIpc) is 2.76. The van der Waals surface area contributed by atoms with E-state index in [0.717, 1.165) is 19.3 Å². The van der Waals surface area contributed by atoms with Gasteiger partial charge in [0.25, 0.3) is 0 Å². The van der Waals surface area contributed by atoms with Crippen molar-refractivity contribution in [2.75, 3.05) is 13.2 Å². The van der Waals surface area contributed by atoms with Gasteiger partial charge in [-0.25, -0.2) is 0 Å². The van der Waals surface area contributed by atoms with Crippen LogP contribution in [0.25, 0.3) is 0 Å². The Balaban J connectivity index is 1.67. The molecule has 3 nitrogen and oxygen atoms in total. The molecule has 1 aliphatic carbocycles. The zero-order valence-corrected chi connectivity index (χ0v) is 10.8. The van der Waals surface area contributed by atoms with Gasteiger partial charge in [0.05, 0.1) is 13.0 Å². The highest BCUT2D eigenvalue weighted by Gasteiger charge is 2.37. The van der Waals surface area contributed by atoms with E-state index in [2.05, 4.69) is 6.07 Å². The molecular formula is C13H19NO2S. The number of ether oxygens (including phenoxy) is 1. The predicted molar refractivity (Wildman–Crippen MR) is 68.9 cm³/mol. The Bertz CT molecular complexity index is 352. The number of carbonyl (C=O) groups excluding carboxylic acids is 1.